The van der Waals surface area contributed by atoms with Gasteiger partial charge in [0.05, 0.1) is 0 Å². The van der Waals surface area contributed by atoms with Crippen molar-refractivity contribution < 1.29 is 0 Å². The lowest BCUT2D eigenvalue weighted by molar-refractivity contribution is 0.338. The Morgan fingerprint density at radius 3 is 2.50 bits per heavy atom. The molecule has 20 heavy (non-hydrogen) atoms. The summed E-state index contributed by atoms with van der Waals surface area (Å²) in [6.45, 7) is 3.39. The van der Waals surface area contributed by atoms with Crippen molar-refractivity contribution in [3.63, 3.8) is 0 Å². The van der Waals surface area contributed by atoms with Gasteiger partial charge in [-0.25, -0.2) is 0 Å². The zero-order chi connectivity index (χ0) is 13.9. The highest BCUT2D eigenvalue weighted by molar-refractivity contribution is 5.58. The van der Waals surface area contributed by atoms with Gasteiger partial charge in [-0.15, -0.1) is 0 Å². The highest BCUT2D eigenvalue weighted by atomic mass is 14.9. The number of hydrogen-bond acceptors (Lipinski definition) is 2. The molecule has 0 unspecified atom stereocenters. The van der Waals surface area contributed by atoms with Crippen LogP contribution in [0, 0.1) is 12.8 Å². The number of fused-ring (bicyclic) bond motifs is 1. The first kappa shape index (κ1) is 13.9. The van der Waals surface area contributed by atoms with Gasteiger partial charge in [0.15, 0.2) is 0 Å². The predicted molar refractivity (Wildman–Crippen MR) is 86.2 cm³/mol. The van der Waals surface area contributed by atoms with Crippen LogP contribution in [0.3, 0.4) is 0 Å². The first-order valence-corrected chi connectivity index (χ1v) is 8.35. The van der Waals surface area contributed by atoms with Crippen LogP contribution >= 0.6 is 0 Å². The molecule has 0 aromatic heterocycles. The van der Waals surface area contributed by atoms with E-state index in [0.29, 0.717) is 6.04 Å². The third-order valence-corrected chi connectivity index (χ3v) is 5.24. The monoisotopic (exact) mass is 272 g/mol. The average Bonchev–Trinajstić information content (AvgIpc) is 2.49. The minimum Gasteiger partial charge on any atom is -0.385 e. The zero-order valence-electron chi connectivity index (χ0n) is 12.8. The van der Waals surface area contributed by atoms with Gasteiger partial charge >= 0.3 is 0 Å². The Morgan fingerprint density at radius 1 is 1.05 bits per heavy atom. The van der Waals surface area contributed by atoms with Crippen molar-refractivity contribution >= 4 is 5.69 Å². The summed E-state index contributed by atoms with van der Waals surface area (Å²) in [5, 5.41) is 3.74. The van der Waals surface area contributed by atoms with E-state index in [9.17, 15) is 0 Å². The summed E-state index contributed by atoms with van der Waals surface area (Å²) in [4.78, 5) is 0. The van der Waals surface area contributed by atoms with Crippen molar-refractivity contribution in [1.29, 1.82) is 0 Å². The van der Waals surface area contributed by atoms with Crippen LogP contribution in [0.1, 0.15) is 55.2 Å². The molecule has 1 fully saturated rings. The summed E-state index contributed by atoms with van der Waals surface area (Å²) >= 11 is 0. The topological polar surface area (TPSA) is 38.0 Å². The maximum atomic E-state index is 5.99. The van der Waals surface area contributed by atoms with Crippen molar-refractivity contribution in [1.82, 2.24) is 0 Å². The molecule has 1 saturated carbocycles. The van der Waals surface area contributed by atoms with Crippen molar-refractivity contribution in [3.05, 3.63) is 28.8 Å². The summed E-state index contributed by atoms with van der Waals surface area (Å²) in [6, 6.07) is 5.05. The third kappa shape index (κ3) is 3.01. The van der Waals surface area contributed by atoms with Crippen LogP contribution in [0.5, 0.6) is 0 Å². The first-order valence-electron chi connectivity index (χ1n) is 8.35. The fourth-order valence-electron chi connectivity index (χ4n) is 3.86. The Balaban J connectivity index is 1.66. The molecular formula is C18H28N2. The third-order valence-electron chi connectivity index (χ3n) is 5.24. The molecular weight excluding hydrogens is 244 g/mol. The molecule has 2 nitrogen and oxygen atoms in total. The molecule has 0 heterocycles. The normalized spacial score (nSPS) is 26.1. The maximum Gasteiger partial charge on any atom is 0.0375 e. The molecule has 2 heteroatoms. The van der Waals surface area contributed by atoms with E-state index in [1.165, 1.54) is 62.6 Å². The van der Waals surface area contributed by atoms with Gasteiger partial charge in [0.2, 0.25) is 0 Å². The number of benzene rings is 1. The van der Waals surface area contributed by atoms with Crippen LogP contribution in [0.2, 0.25) is 0 Å². The molecule has 0 atom stereocenters. The van der Waals surface area contributed by atoms with Crippen molar-refractivity contribution in [2.75, 3.05) is 11.9 Å². The molecule has 3 rings (SSSR count). The minimum absolute atomic E-state index is 0.457. The highest BCUT2D eigenvalue weighted by Crippen LogP contribution is 2.31. The van der Waals surface area contributed by atoms with Crippen LogP contribution in [0.15, 0.2) is 12.1 Å². The zero-order valence-corrected chi connectivity index (χ0v) is 12.8. The van der Waals surface area contributed by atoms with E-state index in [0.717, 1.165) is 12.5 Å². The molecule has 2 aliphatic rings. The number of nitrogens with two attached hydrogens (primary N) is 1. The number of hydrogen-bond donors (Lipinski definition) is 2. The van der Waals surface area contributed by atoms with Gasteiger partial charge in [0, 0.05) is 18.3 Å². The van der Waals surface area contributed by atoms with E-state index < -0.39 is 0 Å². The van der Waals surface area contributed by atoms with E-state index in [1.807, 2.05) is 0 Å². The molecule has 0 saturated heterocycles. The van der Waals surface area contributed by atoms with E-state index in [1.54, 1.807) is 11.1 Å². The average molecular weight is 272 g/mol. The first-order chi connectivity index (χ1) is 9.74. The van der Waals surface area contributed by atoms with Gasteiger partial charge in [0.1, 0.15) is 0 Å². The Labute approximate surface area is 123 Å². The van der Waals surface area contributed by atoms with Crippen molar-refractivity contribution in [2.24, 2.45) is 11.7 Å². The Kier molecular flexibility index (Phi) is 4.30. The van der Waals surface area contributed by atoms with E-state index >= 15 is 0 Å². The smallest absolute Gasteiger partial charge is 0.0375 e. The highest BCUT2D eigenvalue weighted by Gasteiger charge is 2.19. The van der Waals surface area contributed by atoms with Gasteiger partial charge < -0.3 is 11.1 Å². The predicted octanol–water partition coefficient (Wildman–Crippen LogP) is 3.80. The molecule has 2 aliphatic carbocycles. The van der Waals surface area contributed by atoms with Crippen LogP contribution in [-0.2, 0) is 12.8 Å². The lowest BCUT2D eigenvalue weighted by atomic mass is 9.85. The van der Waals surface area contributed by atoms with E-state index in [-0.39, 0.29) is 0 Å². The van der Waals surface area contributed by atoms with Gasteiger partial charge in [0.25, 0.3) is 0 Å². The second-order valence-electron chi connectivity index (χ2n) is 6.76. The summed E-state index contributed by atoms with van der Waals surface area (Å²) in [5.41, 5.74) is 12.1. The quantitative estimate of drug-likeness (QED) is 0.878. The maximum absolute atomic E-state index is 5.99. The second kappa shape index (κ2) is 6.17. The number of aryl methyl sites for hydroxylation is 1. The lowest BCUT2D eigenvalue weighted by Crippen LogP contribution is -2.29. The van der Waals surface area contributed by atoms with E-state index in [2.05, 4.69) is 24.4 Å². The molecule has 1 aromatic rings. The number of anilines is 1. The summed E-state index contributed by atoms with van der Waals surface area (Å²) in [6.07, 6.45) is 10.2. The summed E-state index contributed by atoms with van der Waals surface area (Å²) in [7, 11) is 0. The molecule has 0 radical (unpaired) electrons. The molecule has 0 spiro atoms. The molecule has 0 bridgehead atoms. The number of rotatable bonds is 3. The largest absolute Gasteiger partial charge is 0.385 e. The molecule has 0 aliphatic heterocycles. The van der Waals surface area contributed by atoms with Crippen molar-refractivity contribution in [2.45, 2.75) is 64.3 Å². The minimum atomic E-state index is 0.457. The molecule has 1 aromatic carbocycles. The van der Waals surface area contributed by atoms with Crippen LogP contribution in [0.25, 0.3) is 0 Å². The molecule has 0 amide bonds. The Morgan fingerprint density at radius 2 is 1.75 bits per heavy atom. The second-order valence-corrected chi connectivity index (χ2v) is 6.76. The van der Waals surface area contributed by atoms with Gasteiger partial charge in [-0.05, 0) is 87.0 Å². The summed E-state index contributed by atoms with van der Waals surface area (Å²) in [5.74, 6) is 0.815. The van der Waals surface area contributed by atoms with E-state index in [4.69, 9.17) is 5.73 Å². The van der Waals surface area contributed by atoms with Gasteiger partial charge in [-0.2, -0.15) is 0 Å². The van der Waals surface area contributed by atoms with Crippen LogP contribution in [0.4, 0.5) is 5.69 Å². The van der Waals surface area contributed by atoms with Crippen LogP contribution < -0.4 is 11.1 Å². The summed E-state index contributed by atoms with van der Waals surface area (Å²) < 4.78 is 0. The Bertz CT molecular complexity index is 459. The van der Waals surface area contributed by atoms with Crippen LogP contribution in [-0.4, -0.2) is 12.6 Å². The molecule has 110 valence electrons. The van der Waals surface area contributed by atoms with Gasteiger partial charge in [-0.3, -0.25) is 0 Å². The fraction of sp³-hybridized carbons (Fsp3) is 0.667. The Hall–Kier alpha value is -1.02. The fourth-order valence-corrected chi connectivity index (χ4v) is 3.86. The SMILES string of the molecule is Cc1ccc(NC[C@H]2CC[C@H](N)CC2)c2c1CCCC2. The standard InChI is InChI=1S/C18H28N2/c1-13-6-11-18(17-5-3-2-4-16(13)17)20-12-14-7-9-15(19)10-8-14/h6,11,14-15,20H,2-5,7-10,12,19H2,1H3/t14-,15-. The van der Waals surface area contributed by atoms with Gasteiger partial charge in [-0.1, -0.05) is 6.07 Å². The lowest BCUT2D eigenvalue weighted by Gasteiger charge is -2.28. The molecule has 3 N–H and O–H groups in total. The van der Waals surface area contributed by atoms with Crippen molar-refractivity contribution in [3.8, 4) is 0 Å². The number of nitrogens with one attached hydrogen (secondary N) is 1.